The zero-order valence-corrected chi connectivity index (χ0v) is 17.5. The number of aliphatic hydroxyl groups is 1. The molecule has 0 unspecified atom stereocenters. The van der Waals surface area contributed by atoms with E-state index in [-0.39, 0.29) is 25.5 Å². The second-order valence-corrected chi connectivity index (χ2v) is 6.94. The van der Waals surface area contributed by atoms with Gasteiger partial charge in [0.05, 0.1) is 18.7 Å². The highest BCUT2D eigenvalue weighted by atomic mass is 16.5. The lowest BCUT2D eigenvalue weighted by molar-refractivity contribution is -0.130. The molecule has 0 atom stereocenters. The molecule has 0 saturated carbocycles. The van der Waals surface area contributed by atoms with E-state index in [1.54, 1.807) is 0 Å². The van der Waals surface area contributed by atoms with Crippen molar-refractivity contribution >= 4 is 11.6 Å². The second kappa shape index (κ2) is 9.05. The number of aryl methyl sites for hydroxylation is 2. The minimum absolute atomic E-state index is 0.0316. The van der Waals surface area contributed by atoms with Crippen molar-refractivity contribution in [3.63, 3.8) is 0 Å². The highest BCUT2D eigenvalue weighted by Gasteiger charge is 2.21. The third-order valence-electron chi connectivity index (χ3n) is 4.92. The van der Waals surface area contributed by atoms with Gasteiger partial charge < -0.3 is 14.7 Å². The predicted octanol–water partition coefficient (Wildman–Crippen LogP) is 2.80. The average molecular weight is 396 g/mol. The molecule has 0 spiro atoms. The van der Waals surface area contributed by atoms with E-state index in [0.717, 1.165) is 33.9 Å². The van der Waals surface area contributed by atoms with Gasteiger partial charge in [0.2, 0.25) is 5.91 Å². The summed E-state index contributed by atoms with van der Waals surface area (Å²) in [7, 11) is 0. The topological polar surface area (TPSA) is 80.0 Å². The first kappa shape index (κ1) is 20.8. The summed E-state index contributed by atoms with van der Waals surface area (Å²) < 4.78 is 7.26. The van der Waals surface area contributed by atoms with E-state index in [1.807, 2.05) is 67.4 Å². The standard InChI is InChI=1S/C22H28N4O3/c1-5-25(6-2)20(28)14-19-21(17-7-9-18(10-8-17)29-12-11-27)24-26-16(4)13-15(3)23-22(19)26/h7-10,13,27H,5-6,11-12,14H2,1-4H3. The summed E-state index contributed by atoms with van der Waals surface area (Å²) in [5.74, 6) is 0.743. The Balaban J connectivity index is 2.08. The van der Waals surface area contributed by atoms with Gasteiger partial charge in [0.1, 0.15) is 12.4 Å². The van der Waals surface area contributed by atoms with Crippen LogP contribution in [0.3, 0.4) is 0 Å². The molecule has 7 heteroatoms. The molecule has 0 aliphatic heterocycles. The van der Waals surface area contributed by atoms with Crippen LogP contribution >= 0.6 is 0 Å². The minimum Gasteiger partial charge on any atom is -0.491 e. The van der Waals surface area contributed by atoms with E-state index >= 15 is 0 Å². The van der Waals surface area contributed by atoms with Crippen molar-refractivity contribution in [1.82, 2.24) is 19.5 Å². The number of likely N-dealkylation sites (N-methyl/N-ethyl adjacent to an activating group) is 1. The Labute approximate surface area is 170 Å². The first-order valence-electron chi connectivity index (χ1n) is 9.96. The lowest BCUT2D eigenvalue weighted by atomic mass is 10.0. The molecule has 2 heterocycles. The van der Waals surface area contributed by atoms with Crippen molar-refractivity contribution in [3.05, 3.63) is 47.3 Å². The van der Waals surface area contributed by atoms with Crippen LogP contribution in [0.5, 0.6) is 5.75 Å². The molecule has 0 aliphatic carbocycles. The molecule has 0 fully saturated rings. The molecule has 3 aromatic rings. The van der Waals surface area contributed by atoms with Gasteiger partial charge in [-0.2, -0.15) is 5.10 Å². The number of carbonyl (C=O) groups is 1. The number of aromatic nitrogens is 3. The van der Waals surface area contributed by atoms with Crippen LogP contribution in [0.2, 0.25) is 0 Å². The van der Waals surface area contributed by atoms with Crippen molar-refractivity contribution in [3.8, 4) is 17.0 Å². The normalized spacial score (nSPS) is 11.1. The van der Waals surface area contributed by atoms with E-state index in [0.29, 0.717) is 18.8 Å². The summed E-state index contributed by atoms with van der Waals surface area (Å²) in [6, 6.07) is 9.50. The Morgan fingerprint density at radius 2 is 1.86 bits per heavy atom. The fourth-order valence-electron chi connectivity index (χ4n) is 3.47. The molecule has 154 valence electrons. The van der Waals surface area contributed by atoms with E-state index in [1.165, 1.54) is 0 Å². The lowest BCUT2D eigenvalue weighted by Gasteiger charge is -2.18. The fourth-order valence-corrected chi connectivity index (χ4v) is 3.47. The Morgan fingerprint density at radius 3 is 2.48 bits per heavy atom. The molecular weight excluding hydrogens is 368 g/mol. The van der Waals surface area contributed by atoms with E-state index in [4.69, 9.17) is 14.9 Å². The van der Waals surface area contributed by atoms with Gasteiger partial charge in [-0.05, 0) is 58.0 Å². The molecule has 1 amide bonds. The Kier molecular flexibility index (Phi) is 6.49. The number of nitrogens with zero attached hydrogens (tertiary/aromatic N) is 4. The van der Waals surface area contributed by atoms with Gasteiger partial charge in [-0.3, -0.25) is 4.79 Å². The summed E-state index contributed by atoms with van der Waals surface area (Å²) in [6.45, 7) is 9.46. The van der Waals surface area contributed by atoms with E-state index in [9.17, 15) is 4.79 Å². The number of amides is 1. The van der Waals surface area contributed by atoms with Gasteiger partial charge in [-0.25, -0.2) is 9.50 Å². The molecule has 1 aromatic carbocycles. The van der Waals surface area contributed by atoms with Crippen molar-refractivity contribution in [2.45, 2.75) is 34.1 Å². The zero-order valence-electron chi connectivity index (χ0n) is 17.5. The number of hydrogen-bond donors (Lipinski definition) is 1. The molecule has 29 heavy (non-hydrogen) atoms. The number of rotatable bonds is 8. The number of aliphatic hydroxyl groups excluding tert-OH is 1. The molecule has 2 aromatic heterocycles. The fraction of sp³-hybridized carbons (Fsp3) is 0.409. The highest BCUT2D eigenvalue weighted by molar-refractivity contribution is 5.84. The second-order valence-electron chi connectivity index (χ2n) is 6.94. The smallest absolute Gasteiger partial charge is 0.227 e. The van der Waals surface area contributed by atoms with Gasteiger partial charge in [0.15, 0.2) is 5.65 Å². The number of ether oxygens (including phenoxy) is 1. The molecule has 3 rings (SSSR count). The average Bonchev–Trinajstić information content (AvgIpc) is 3.06. The van der Waals surface area contributed by atoms with Crippen LogP contribution in [0.15, 0.2) is 30.3 Å². The van der Waals surface area contributed by atoms with Gasteiger partial charge >= 0.3 is 0 Å². The minimum atomic E-state index is -0.0316. The molecule has 0 saturated heterocycles. The van der Waals surface area contributed by atoms with Gasteiger partial charge in [0, 0.05) is 35.6 Å². The third kappa shape index (κ3) is 4.40. The monoisotopic (exact) mass is 396 g/mol. The third-order valence-corrected chi connectivity index (χ3v) is 4.92. The molecule has 0 bridgehead atoms. The van der Waals surface area contributed by atoms with E-state index in [2.05, 4.69) is 4.98 Å². The van der Waals surface area contributed by atoms with Crippen molar-refractivity contribution in [2.24, 2.45) is 0 Å². The van der Waals surface area contributed by atoms with Crippen LogP contribution in [-0.2, 0) is 11.2 Å². The van der Waals surface area contributed by atoms with Crippen LogP contribution in [0.1, 0.15) is 30.8 Å². The first-order chi connectivity index (χ1) is 14.0. The maximum atomic E-state index is 12.9. The first-order valence-corrected chi connectivity index (χ1v) is 9.96. The Bertz CT molecular complexity index is 991. The highest BCUT2D eigenvalue weighted by Crippen LogP contribution is 2.29. The largest absolute Gasteiger partial charge is 0.491 e. The summed E-state index contributed by atoms with van der Waals surface area (Å²) in [5.41, 5.74) is 5.06. The van der Waals surface area contributed by atoms with Crippen LogP contribution in [0.25, 0.3) is 16.9 Å². The van der Waals surface area contributed by atoms with Gasteiger partial charge in [-0.15, -0.1) is 0 Å². The van der Waals surface area contributed by atoms with Crippen molar-refractivity contribution in [2.75, 3.05) is 26.3 Å². The molecule has 0 aliphatic rings. The van der Waals surface area contributed by atoms with Crippen LogP contribution in [-0.4, -0.2) is 56.8 Å². The zero-order chi connectivity index (χ0) is 21.0. The van der Waals surface area contributed by atoms with Gasteiger partial charge in [-0.1, -0.05) is 0 Å². The van der Waals surface area contributed by atoms with Gasteiger partial charge in [0.25, 0.3) is 0 Å². The molecular formula is C22H28N4O3. The number of carbonyl (C=O) groups excluding carboxylic acids is 1. The molecule has 1 N–H and O–H groups in total. The molecule has 7 nitrogen and oxygen atoms in total. The Morgan fingerprint density at radius 1 is 1.17 bits per heavy atom. The van der Waals surface area contributed by atoms with Crippen LogP contribution < -0.4 is 4.74 Å². The van der Waals surface area contributed by atoms with Crippen molar-refractivity contribution < 1.29 is 14.6 Å². The summed E-state index contributed by atoms with van der Waals surface area (Å²) in [6.07, 6.45) is 0.249. The summed E-state index contributed by atoms with van der Waals surface area (Å²) in [5, 5.41) is 13.7. The predicted molar refractivity (Wildman–Crippen MR) is 112 cm³/mol. The SMILES string of the molecule is CCN(CC)C(=O)Cc1c(-c2ccc(OCCO)cc2)nn2c(C)cc(C)nc12. The van der Waals surface area contributed by atoms with Crippen LogP contribution in [0, 0.1) is 13.8 Å². The number of hydrogen-bond acceptors (Lipinski definition) is 5. The summed E-state index contributed by atoms with van der Waals surface area (Å²) >= 11 is 0. The quantitative estimate of drug-likeness (QED) is 0.633. The molecule has 0 radical (unpaired) electrons. The summed E-state index contributed by atoms with van der Waals surface area (Å²) in [4.78, 5) is 19.4. The maximum absolute atomic E-state index is 12.9. The maximum Gasteiger partial charge on any atom is 0.227 e. The number of fused-ring (bicyclic) bond motifs is 1. The lowest BCUT2D eigenvalue weighted by Crippen LogP contribution is -2.31. The van der Waals surface area contributed by atoms with Crippen molar-refractivity contribution in [1.29, 1.82) is 0 Å². The van der Waals surface area contributed by atoms with E-state index < -0.39 is 0 Å². The number of benzene rings is 1. The van der Waals surface area contributed by atoms with Crippen LogP contribution in [0.4, 0.5) is 0 Å². The Hall–Kier alpha value is -2.93.